The van der Waals surface area contributed by atoms with E-state index >= 15 is 0 Å². The van der Waals surface area contributed by atoms with Gasteiger partial charge in [-0.05, 0) is 37.0 Å². The van der Waals surface area contributed by atoms with E-state index in [1.807, 2.05) is 49.4 Å². The van der Waals surface area contributed by atoms with E-state index in [9.17, 15) is 4.79 Å². The first kappa shape index (κ1) is 13.1. The van der Waals surface area contributed by atoms with Gasteiger partial charge in [0.25, 0.3) is 5.91 Å². The molecule has 96 valence electrons. The summed E-state index contributed by atoms with van der Waals surface area (Å²) < 4.78 is 0. The lowest BCUT2D eigenvalue weighted by atomic mass is 10.1. The Balaban J connectivity index is 2.10. The highest BCUT2D eigenvalue weighted by Gasteiger charge is 2.24. The number of hydrogen-bond donors (Lipinski definition) is 1. The zero-order valence-electron chi connectivity index (χ0n) is 10.9. The summed E-state index contributed by atoms with van der Waals surface area (Å²) in [7, 11) is 0. The molecule has 0 heterocycles. The van der Waals surface area contributed by atoms with Gasteiger partial charge in [-0.25, -0.2) is 0 Å². The van der Waals surface area contributed by atoms with E-state index in [0.29, 0.717) is 0 Å². The van der Waals surface area contributed by atoms with Crippen molar-refractivity contribution >= 4 is 12.0 Å². The van der Waals surface area contributed by atoms with E-state index < -0.39 is 0 Å². The summed E-state index contributed by atoms with van der Waals surface area (Å²) in [5.74, 6) is -0.272. The maximum Gasteiger partial charge on any atom is 0.262 e. The second kappa shape index (κ2) is 6.01. The van der Waals surface area contributed by atoms with Gasteiger partial charge in [0.15, 0.2) is 0 Å². The van der Waals surface area contributed by atoms with Crippen molar-refractivity contribution < 1.29 is 4.79 Å². The Morgan fingerprint density at radius 3 is 2.63 bits per heavy atom. The number of carbonyl (C=O) groups excluding carboxylic acids is 1. The van der Waals surface area contributed by atoms with Crippen molar-refractivity contribution in [3.8, 4) is 6.07 Å². The summed E-state index contributed by atoms with van der Waals surface area (Å²) in [4.78, 5) is 11.8. The number of rotatable bonds is 4. The van der Waals surface area contributed by atoms with Gasteiger partial charge in [-0.3, -0.25) is 4.79 Å². The van der Waals surface area contributed by atoms with Gasteiger partial charge in [-0.1, -0.05) is 36.4 Å². The summed E-state index contributed by atoms with van der Waals surface area (Å²) >= 11 is 0. The standard InChI is InChI=1S/C16H16N2O/c1-12(9-13-5-3-2-4-6-13)10-14(11-17)16(19)18-15-7-8-15/h2-6,9-10,15H,7-8H2,1H3,(H,18,19)/b12-9-,14-10+. The predicted molar refractivity (Wildman–Crippen MR) is 75.0 cm³/mol. The SMILES string of the molecule is CC(=C/c1ccccc1)/C=C(\C#N)C(=O)NC1CC1. The second-order valence-corrected chi connectivity index (χ2v) is 4.72. The minimum Gasteiger partial charge on any atom is -0.349 e. The number of nitrogens with one attached hydrogen (secondary N) is 1. The molecule has 0 aromatic heterocycles. The Morgan fingerprint density at radius 2 is 2.05 bits per heavy atom. The Morgan fingerprint density at radius 1 is 1.37 bits per heavy atom. The molecule has 0 aliphatic heterocycles. The number of nitriles is 1. The fraction of sp³-hybridized carbons (Fsp3) is 0.250. The van der Waals surface area contributed by atoms with Crippen LogP contribution in [0.1, 0.15) is 25.3 Å². The minimum absolute atomic E-state index is 0.164. The smallest absolute Gasteiger partial charge is 0.262 e. The van der Waals surface area contributed by atoms with Crippen LogP contribution in [0.2, 0.25) is 0 Å². The molecule has 2 rings (SSSR count). The van der Waals surface area contributed by atoms with Gasteiger partial charge in [0.1, 0.15) is 11.6 Å². The van der Waals surface area contributed by atoms with Crippen LogP contribution in [0.3, 0.4) is 0 Å². The van der Waals surface area contributed by atoms with Crippen LogP contribution in [0.15, 0.2) is 47.6 Å². The Bertz CT molecular complexity index is 560. The molecule has 1 aromatic carbocycles. The van der Waals surface area contributed by atoms with Gasteiger partial charge >= 0.3 is 0 Å². The van der Waals surface area contributed by atoms with Crippen LogP contribution >= 0.6 is 0 Å². The second-order valence-electron chi connectivity index (χ2n) is 4.72. The van der Waals surface area contributed by atoms with Crippen LogP contribution in [0, 0.1) is 11.3 Å². The molecular weight excluding hydrogens is 236 g/mol. The molecule has 1 saturated carbocycles. The largest absolute Gasteiger partial charge is 0.349 e. The predicted octanol–water partition coefficient (Wildman–Crippen LogP) is 2.82. The number of benzene rings is 1. The van der Waals surface area contributed by atoms with E-state index in [1.54, 1.807) is 6.08 Å². The molecule has 1 aromatic rings. The van der Waals surface area contributed by atoms with Crippen LogP contribution < -0.4 is 5.32 Å². The summed E-state index contributed by atoms with van der Waals surface area (Å²) in [6.07, 6.45) is 5.61. The number of nitrogens with zero attached hydrogens (tertiary/aromatic N) is 1. The highest BCUT2D eigenvalue weighted by atomic mass is 16.1. The van der Waals surface area contributed by atoms with Crippen molar-refractivity contribution in [1.29, 1.82) is 5.26 Å². The monoisotopic (exact) mass is 252 g/mol. The quantitative estimate of drug-likeness (QED) is 0.509. The first-order chi connectivity index (χ1) is 9.19. The highest BCUT2D eigenvalue weighted by molar-refractivity contribution is 5.98. The third-order valence-electron chi connectivity index (χ3n) is 2.84. The van der Waals surface area contributed by atoms with E-state index in [-0.39, 0.29) is 17.5 Å². The average molecular weight is 252 g/mol. The summed E-state index contributed by atoms with van der Waals surface area (Å²) in [6, 6.07) is 12.0. The van der Waals surface area contributed by atoms with Crippen molar-refractivity contribution in [3.05, 3.63) is 53.1 Å². The van der Waals surface area contributed by atoms with Gasteiger partial charge in [-0.2, -0.15) is 5.26 Å². The van der Waals surface area contributed by atoms with Crippen LogP contribution in [-0.4, -0.2) is 11.9 Å². The molecule has 3 heteroatoms. The molecule has 0 bridgehead atoms. The molecule has 1 aliphatic rings. The zero-order chi connectivity index (χ0) is 13.7. The van der Waals surface area contributed by atoms with E-state index in [2.05, 4.69) is 5.32 Å². The van der Waals surface area contributed by atoms with Crippen LogP contribution in [0.25, 0.3) is 6.08 Å². The minimum atomic E-state index is -0.272. The fourth-order valence-electron chi connectivity index (χ4n) is 1.72. The highest BCUT2D eigenvalue weighted by Crippen LogP contribution is 2.19. The molecular formula is C16H16N2O. The normalized spacial score (nSPS) is 15.8. The molecule has 0 unspecified atom stereocenters. The Hall–Kier alpha value is -2.34. The average Bonchev–Trinajstić information content (AvgIpc) is 3.21. The summed E-state index contributed by atoms with van der Waals surface area (Å²) in [5.41, 5.74) is 2.10. The molecule has 19 heavy (non-hydrogen) atoms. The molecule has 0 radical (unpaired) electrons. The number of carbonyl (C=O) groups is 1. The van der Waals surface area contributed by atoms with Crippen LogP contribution in [0.4, 0.5) is 0 Å². The number of hydrogen-bond acceptors (Lipinski definition) is 2. The van der Waals surface area contributed by atoms with Gasteiger partial charge < -0.3 is 5.32 Å². The van der Waals surface area contributed by atoms with Crippen LogP contribution in [0.5, 0.6) is 0 Å². The molecule has 1 fully saturated rings. The Kier molecular flexibility index (Phi) is 4.15. The molecule has 3 nitrogen and oxygen atoms in total. The molecule has 1 amide bonds. The van der Waals surface area contributed by atoms with Gasteiger partial charge in [0.2, 0.25) is 0 Å². The van der Waals surface area contributed by atoms with Crippen molar-refractivity contribution in [2.45, 2.75) is 25.8 Å². The summed E-state index contributed by atoms with van der Waals surface area (Å²) in [5, 5.41) is 11.9. The lowest BCUT2D eigenvalue weighted by molar-refractivity contribution is -0.117. The van der Waals surface area contributed by atoms with Gasteiger partial charge in [-0.15, -0.1) is 0 Å². The molecule has 0 spiro atoms. The van der Waals surface area contributed by atoms with Crippen molar-refractivity contribution in [2.75, 3.05) is 0 Å². The van der Waals surface area contributed by atoms with Crippen molar-refractivity contribution in [1.82, 2.24) is 5.32 Å². The maximum atomic E-state index is 11.8. The molecule has 0 atom stereocenters. The van der Waals surface area contributed by atoms with Crippen LogP contribution in [-0.2, 0) is 4.79 Å². The third-order valence-corrected chi connectivity index (χ3v) is 2.84. The first-order valence-electron chi connectivity index (χ1n) is 6.35. The van der Waals surface area contributed by atoms with Crippen molar-refractivity contribution in [2.24, 2.45) is 0 Å². The topological polar surface area (TPSA) is 52.9 Å². The Labute approximate surface area is 113 Å². The van der Waals surface area contributed by atoms with Gasteiger partial charge in [0, 0.05) is 6.04 Å². The zero-order valence-corrected chi connectivity index (χ0v) is 10.9. The van der Waals surface area contributed by atoms with Gasteiger partial charge in [0.05, 0.1) is 0 Å². The number of allylic oxidation sites excluding steroid dienone is 2. The summed E-state index contributed by atoms with van der Waals surface area (Å²) in [6.45, 7) is 1.88. The third kappa shape index (κ3) is 4.11. The lowest BCUT2D eigenvalue weighted by Gasteiger charge is -2.01. The number of amides is 1. The van der Waals surface area contributed by atoms with E-state index in [0.717, 1.165) is 24.0 Å². The fourth-order valence-corrected chi connectivity index (χ4v) is 1.72. The lowest BCUT2D eigenvalue weighted by Crippen LogP contribution is -2.26. The first-order valence-corrected chi connectivity index (χ1v) is 6.35. The maximum absolute atomic E-state index is 11.8. The van der Waals surface area contributed by atoms with Crippen molar-refractivity contribution in [3.63, 3.8) is 0 Å². The molecule has 1 N–H and O–H groups in total. The van der Waals surface area contributed by atoms with E-state index in [1.165, 1.54) is 0 Å². The molecule has 1 aliphatic carbocycles. The molecule has 0 saturated heterocycles. The van der Waals surface area contributed by atoms with E-state index in [4.69, 9.17) is 5.26 Å².